The van der Waals surface area contributed by atoms with Crippen LogP contribution in [0.2, 0.25) is 0 Å². The molecule has 0 heteroatoms. The first-order valence-corrected chi connectivity index (χ1v) is 16.8. The van der Waals surface area contributed by atoms with Crippen molar-refractivity contribution in [2.24, 2.45) is 0 Å². The highest BCUT2D eigenvalue weighted by atomic mass is 14.3. The Hall–Kier alpha value is -4.94. The number of rotatable bonds is 3. The van der Waals surface area contributed by atoms with Gasteiger partial charge in [-0.1, -0.05) is 139 Å². The van der Waals surface area contributed by atoms with Crippen molar-refractivity contribution in [1.82, 2.24) is 0 Å². The molecule has 0 atom stereocenters. The van der Waals surface area contributed by atoms with Gasteiger partial charge in [0.1, 0.15) is 0 Å². The molecule has 224 valence electrons. The quantitative estimate of drug-likeness (QED) is 0.179. The van der Waals surface area contributed by atoms with E-state index in [1.54, 1.807) is 0 Å². The zero-order chi connectivity index (χ0) is 31.4. The van der Waals surface area contributed by atoms with E-state index in [-0.39, 0.29) is 0 Å². The molecule has 7 aromatic rings. The molecule has 9 rings (SSSR count). The summed E-state index contributed by atoms with van der Waals surface area (Å²) in [6.45, 7) is 8.85. The second-order valence-electron chi connectivity index (χ2n) is 13.4. The van der Waals surface area contributed by atoms with E-state index in [0.29, 0.717) is 0 Å². The average molecular weight is 593 g/mol. The molecular weight excluding hydrogens is 553 g/mol. The number of hydrogen-bond donors (Lipinski definition) is 0. The van der Waals surface area contributed by atoms with Crippen LogP contribution >= 0.6 is 0 Å². The first kappa shape index (κ1) is 28.5. The van der Waals surface area contributed by atoms with Gasteiger partial charge < -0.3 is 0 Å². The molecular formula is C46H40. The van der Waals surface area contributed by atoms with Crippen LogP contribution in [0.1, 0.15) is 57.7 Å². The molecule has 0 aliphatic heterocycles. The van der Waals surface area contributed by atoms with Gasteiger partial charge in [0, 0.05) is 0 Å². The smallest absolute Gasteiger partial charge is 0.000728 e. The van der Waals surface area contributed by atoms with E-state index in [1.807, 2.05) is 0 Å². The van der Waals surface area contributed by atoms with Crippen LogP contribution in [0.15, 0.2) is 127 Å². The summed E-state index contributed by atoms with van der Waals surface area (Å²) in [6, 6.07) is 47.1. The number of hydrogen-bond acceptors (Lipinski definition) is 0. The normalized spacial score (nSPS) is 13.3. The lowest BCUT2D eigenvalue weighted by atomic mass is 9.85. The third kappa shape index (κ3) is 4.94. The molecule has 7 aromatic carbocycles. The summed E-state index contributed by atoms with van der Waals surface area (Å²) in [7, 11) is 0. The Balaban J connectivity index is 0.000000164. The van der Waals surface area contributed by atoms with Crippen molar-refractivity contribution in [3.8, 4) is 33.4 Å². The molecule has 0 spiro atoms. The van der Waals surface area contributed by atoms with E-state index >= 15 is 0 Å². The summed E-state index contributed by atoms with van der Waals surface area (Å²) in [5.41, 5.74) is 18.2. The topological polar surface area (TPSA) is 0 Å². The van der Waals surface area contributed by atoms with Crippen molar-refractivity contribution in [2.45, 2.75) is 52.9 Å². The molecule has 1 saturated carbocycles. The van der Waals surface area contributed by atoms with Crippen molar-refractivity contribution < 1.29 is 0 Å². The van der Waals surface area contributed by atoms with Gasteiger partial charge in [-0.2, -0.15) is 0 Å². The maximum atomic E-state index is 2.37. The summed E-state index contributed by atoms with van der Waals surface area (Å²) in [5.74, 6) is 0.816. The van der Waals surface area contributed by atoms with Crippen molar-refractivity contribution in [3.63, 3.8) is 0 Å². The Morgan fingerprint density at radius 3 is 1.83 bits per heavy atom. The molecule has 46 heavy (non-hydrogen) atoms. The molecule has 0 bridgehead atoms. The van der Waals surface area contributed by atoms with E-state index in [0.717, 1.165) is 12.3 Å². The Morgan fingerprint density at radius 1 is 0.457 bits per heavy atom. The summed E-state index contributed by atoms with van der Waals surface area (Å²) < 4.78 is 0. The first-order chi connectivity index (χ1) is 22.5. The van der Waals surface area contributed by atoms with Gasteiger partial charge in [0.05, 0.1) is 0 Å². The minimum absolute atomic E-state index is 0.816. The van der Waals surface area contributed by atoms with Crippen LogP contribution in [0, 0.1) is 27.7 Å². The highest BCUT2D eigenvalue weighted by Crippen LogP contribution is 2.47. The Morgan fingerprint density at radius 2 is 1.07 bits per heavy atom. The van der Waals surface area contributed by atoms with Gasteiger partial charge in [-0.25, -0.2) is 0 Å². The maximum Gasteiger partial charge on any atom is -0.000728 e. The molecule has 2 aliphatic rings. The van der Waals surface area contributed by atoms with E-state index in [1.165, 1.54) is 107 Å². The van der Waals surface area contributed by atoms with Crippen LogP contribution in [0.4, 0.5) is 0 Å². The van der Waals surface area contributed by atoms with Gasteiger partial charge in [0.25, 0.3) is 0 Å². The van der Waals surface area contributed by atoms with Crippen LogP contribution in [-0.2, 0) is 6.42 Å². The monoisotopic (exact) mass is 592 g/mol. The summed E-state index contributed by atoms with van der Waals surface area (Å²) in [6.07, 6.45) is 3.74. The fraction of sp³-hybridized carbons (Fsp3) is 0.174. The second kappa shape index (κ2) is 11.5. The molecule has 0 nitrogen and oxygen atoms in total. The molecule has 2 aliphatic carbocycles. The lowest BCUT2D eigenvalue weighted by Crippen LogP contribution is -1.94. The Kier molecular flexibility index (Phi) is 7.10. The molecule has 0 radical (unpaired) electrons. The fourth-order valence-corrected chi connectivity index (χ4v) is 7.72. The number of fused-ring (bicyclic) bond motifs is 5. The minimum Gasteiger partial charge on any atom is -0.0620 e. The molecule has 0 saturated heterocycles. The predicted octanol–water partition coefficient (Wildman–Crippen LogP) is 12.7. The molecule has 0 amide bonds. The Labute approximate surface area is 273 Å². The van der Waals surface area contributed by atoms with E-state index < -0.39 is 0 Å². The third-order valence-corrected chi connectivity index (χ3v) is 10.2. The fourth-order valence-electron chi connectivity index (χ4n) is 7.72. The van der Waals surface area contributed by atoms with Crippen molar-refractivity contribution in [2.75, 3.05) is 0 Å². The van der Waals surface area contributed by atoms with E-state index in [4.69, 9.17) is 0 Å². The molecule has 1 fully saturated rings. The summed E-state index contributed by atoms with van der Waals surface area (Å²) in [5, 5.41) is 5.46. The van der Waals surface area contributed by atoms with Crippen LogP contribution in [-0.4, -0.2) is 0 Å². The summed E-state index contributed by atoms with van der Waals surface area (Å²) in [4.78, 5) is 0. The van der Waals surface area contributed by atoms with Gasteiger partial charge in [-0.15, -0.1) is 0 Å². The largest absolute Gasteiger partial charge is 0.0620 e. The zero-order valence-corrected chi connectivity index (χ0v) is 27.3. The van der Waals surface area contributed by atoms with E-state index in [2.05, 4.69) is 155 Å². The summed E-state index contributed by atoms with van der Waals surface area (Å²) >= 11 is 0. The minimum atomic E-state index is 0.816. The maximum absolute atomic E-state index is 2.37. The lowest BCUT2D eigenvalue weighted by Gasteiger charge is -2.18. The second-order valence-corrected chi connectivity index (χ2v) is 13.4. The lowest BCUT2D eigenvalue weighted by molar-refractivity contribution is 1.13. The van der Waals surface area contributed by atoms with Crippen LogP contribution < -0.4 is 0 Å². The first-order valence-electron chi connectivity index (χ1n) is 16.8. The Bertz CT molecular complexity index is 2280. The van der Waals surface area contributed by atoms with Crippen LogP contribution in [0.3, 0.4) is 0 Å². The third-order valence-electron chi connectivity index (χ3n) is 10.2. The molecule has 0 heterocycles. The van der Waals surface area contributed by atoms with Crippen molar-refractivity contribution in [3.05, 3.63) is 166 Å². The predicted molar refractivity (Wildman–Crippen MR) is 198 cm³/mol. The van der Waals surface area contributed by atoms with Gasteiger partial charge in [-0.3, -0.25) is 0 Å². The van der Waals surface area contributed by atoms with Crippen LogP contribution in [0.25, 0.3) is 54.9 Å². The van der Waals surface area contributed by atoms with Crippen LogP contribution in [0.5, 0.6) is 0 Å². The van der Waals surface area contributed by atoms with Crippen molar-refractivity contribution >= 4 is 21.5 Å². The van der Waals surface area contributed by atoms with Gasteiger partial charge in [0.2, 0.25) is 0 Å². The average Bonchev–Trinajstić information content (AvgIpc) is 3.86. The molecule has 0 aromatic heterocycles. The van der Waals surface area contributed by atoms with Gasteiger partial charge >= 0.3 is 0 Å². The number of benzene rings is 7. The highest BCUT2D eigenvalue weighted by molar-refractivity contribution is 6.16. The standard InChI is InChI=1S/C30H24.C16H16/c1-18-12-14-26-27(15-18)20(3)22-13-11-19(2)16-29(22)30(26)25-10-6-9-24-23-8-5-4-7-21(23)17-28(24)25;1-12-6-2-3-7-14(12)16-9-5-4-8-15(16)13-10-11-13/h4-16H,17H2,1-3H3;2-9,13H,10-11H2,1H3. The molecule has 0 unspecified atom stereocenters. The van der Waals surface area contributed by atoms with E-state index in [9.17, 15) is 0 Å². The number of aryl methyl sites for hydroxylation is 4. The van der Waals surface area contributed by atoms with Gasteiger partial charge in [-0.05, 0) is 136 Å². The van der Waals surface area contributed by atoms with Gasteiger partial charge in [0.15, 0.2) is 0 Å². The van der Waals surface area contributed by atoms with Crippen molar-refractivity contribution in [1.29, 1.82) is 0 Å². The molecule has 0 N–H and O–H groups in total. The zero-order valence-electron chi connectivity index (χ0n) is 27.3. The highest BCUT2D eigenvalue weighted by Gasteiger charge is 2.26. The SMILES string of the molecule is Cc1ccc2c(-c3cccc4c3Cc3ccccc3-4)c3cc(C)ccc3c(C)c2c1.Cc1ccccc1-c1ccccc1C1CC1.